The lowest BCUT2D eigenvalue weighted by molar-refractivity contribution is 0.586. The Balaban J connectivity index is 1.77. The molecular formula is C30H27N. The van der Waals surface area contributed by atoms with Crippen molar-refractivity contribution in [3.63, 3.8) is 0 Å². The van der Waals surface area contributed by atoms with Crippen LogP contribution >= 0.6 is 0 Å². The molecule has 1 heteroatoms. The summed E-state index contributed by atoms with van der Waals surface area (Å²) in [4.78, 5) is 4.92. The van der Waals surface area contributed by atoms with Crippen LogP contribution in [-0.2, 0) is 0 Å². The predicted molar refractivity (Wildman–Crippen MR) is 134 cm³/mol. The van der Waals surface area contributed by atoms with E-state index < -0.39 is 0 Å². The minimum atomic E-state index is -0.125. The van der Waals surface area contributed by atoms with Crippen molar-refractivity contribution in [3.8, 4) is 0 Å². The zero-order valence-corrected chi connectivity index (χ0v) is 18.3. The molecule has 5 rings (SSSR count). The van der Waals surface area contributed by atoms with Crippen LogP contribution < -0.4 is 0 Å². The Hall–Kier alpha value is -3.45. The van der Waals surface area contributed by atoms with Gasteiger partial charge in [0.2, 0.25) is 0 Å². The smallest absolute Gasteiger partial charge is 0.0524 e. The van der Waals surface area contributed by atoms with Gasteiger partial charge in [0, 0.05) is 17.7 Å². The summed E-state index contributed by atoms with van der Waals surface area (Å²) < 4.78 is 0. The predicted octanol–water partition coefficient (Wildman–Crippen LogP) is 7.74. The van der Waals surface area contributed by atoms with E-state index in [2.05, 4.69) is 124 Å². The van der Waals surface area contributed by atoms with E-state index in [0.29, 0.717) is 0 Å². The normalized spacial score (nSPS) is 16.0. The lowest BCUT2D eigenvalue weighted by Crippen LogP contribution is -2.11. The van der Waals surface area contributed by atoms with E-state index in [-0.39, 0.29) is 11.5 Å². The molecule has 0 fully saturated rings. The van der Waals surface area contributed by atoms with Gasteiger partial charge in [-0.15, -0.1) is 0 Å². The monoisotopic (exact) mass is 401 g/mol. The number of rotatable bonds is 3. The highest BCUT2D eigenvalue weighted by Crippen LogP contribution is 2.47. The first-order valence-corrected chi connectivity index (χ1v) is 10.9. The van der Waals surface area contributed by atoms with Crippen LogP contribution in [0, 0.1) is 0 Å². The molecule has 0 saturated heterocycles. The number of allylic oxidation sites excluding steroid dienone is 1. The largest absolute Gasteiger partial charge is 0.287 e. The highest BCUT2D eigenvalue weighted by atomic mass is 14.8. The van der Waals surface area contributed by atoms with Gasteiger partial charge in [-0.2, -0.15) is 0 Å². The number of benzene rings is 4. The molecule has 0 spiro atoms. The molecule has 152 valence electrons. The first-order chi connectivity index (χ1) is 15.0. The van der Waals surface area contributed by atoms with E-state index in [1.807, 2.05) is 0 Å². The van der Waals surface area contributed by atoms with Gasteiger partial charge in [-0.1, -0.05) is 91.0 Å². The van der Waals surface area contributed by atoms with Gasteiger partial charge in [0.1, 0.15) is 0 Å². The lowest BCUT2D eigenvalue weighted by atomic mass is 9.82. The highest BCUT2D eigenvalue weighted by Gasteiger charge is 2.29. The summed E-state index contributed by atoms with van der Waals surface area (Å²) in [7, 11) is 0. The van der Waals surface area contributed by atoms with Crippen molar-refractivity contribution < 1.29 is 0 Å². The topological polar surface area (TPSA) is 12.4 Å². The Morgan fingerprint density at radius 2 is 1.42 bits per heavy atom. The number of hydrogen-bond donors (Lipinski definition) is 0. The van der Waals surface area contributed by atoms with Crippen LogP contribution in [0.3, 0.4) is 0 Å². The van der Waals surface area contributed by atoms with Gasteiger partial charge >= 0.3 is 0 Å². The molecule has 0 amide bonds. The third-order valence-corrected chi connectivity index (χ3v) is 5.93. The van der Waals surface area contributed by atoms with Gasteiger partial charge in [-0.05, 0) is 65.4 Å². The molecule has 0 aromatic heterocycles. The minimum absolute atomic E-state index is 0.125. The molecule has 0 bridgehead atoms. The van der Waals surface area contributed by atoms with Crippen molar-refractivity contribution in [1.82, 2.24) is 0 Å². The van der Waals surface area contributed by atoms with E-state index in [1.54, 1.807) is 0 Å². The molecule has 0 radical (unpaired) electrons. The molecular weight excluding hydrogens is 374 g/mol. The van der Waals surface area contributed by atoms with Crippen LogP contribution in [0.4, 0.5) is 0 Å². The quantitative estimate of drug-likeness (QED) is 0.311. The summed E-state index contributed by atoms with van der Waals surface area (Å²) in [6.45, 7) is 6.44. The van der Waals surface area contributed by atoms with Crippen LogP contribution in [-0.4, -0.2) is 11.8 Å². The average Bonchev–Trinajstić information content (AvgIpc) is 3.17. The molecule has 0 N–H and O–H groups in total. The summed E-state index contributed by atoms with van der Waals surface area (Å²) in [6, 6.07) is 32.7. The Morgan fingerprint density at radius 1 is 0.710 bits per heavy atom. The Bertz CT molecular complexity index is 1300. The molecule has 1 nitrogen and oxygen atoms in total. The maximum atomic E-state index is 4.92. The first kappa shape index (κ1) is 19.5. The SMILES string of the molecule is CC(C)(C)N=Cc1c(C2C(c3ccccc3)=Cc3ccccc32)ccc2ccccc12. The molecule has 1 aliphatic carbocycles. The van der Waals surface area contributed by atoms with E-state index in [1.165, 1.54) is 44.2 Å². The standard InChI is InChI=1S/C30H27N/c1-30(2,3)31-20-28-24-15-9-7-13-22(24)17-18-26(28)29-25-16-10-8-14-23(25)19-27(29)21-11-5-4-6-12-21/h4-20,29H,1-3H3. The maximum absolute atomic E-state index is 4.92. The molecule has 1 aliphatic rings. The van der Waals surface area contributed by atoms with Gasteiger partial charge in [-0.25, -0.2) is 0 Å². The van der Waals surface area contributed by atoms with Gasteiger partial charge in [0.05, 0.1) is 5.54 Å². The van der Waals surface area contributed by atoms with Crippen molar-refractivity contribution in [2.24, 2.45) is 4.99 Å². The molecule has 31 heavy (non-hydrogen) atoms. The van der Waals surface area contributed by atoms with Crippen LogP contribution in [0.1, 0.15) is 54.5 Å². The molecule has 0 heterocycles. The van der Waals surface area contributed by atoms with Gasteiger partial charge in [0.15, 0.2) is 0 Å². The second kappa shape index (κ2) is 7.67. The summed E-state index contributed by atoms with van der Waals surface area (Å²) in [6.07, 6.45) is 4.45. The average molecular weight is 402 g/mol. The Kier molecular flexibility index (Phi) is 4.82. The van der Waals surface area contributed by atoms with Crippen molar-refractivity contribution in [1.29, 1.82) is 0 Å². The van der Waals surface area contributed by atoms with Gasteiger partial charge in [-0.3, -0.25) is 4.99 Å². The van der Waals surface area contributed by atoms with Crippen LogP contribution in [0.5, 0.6) is 0 Å². The van der Waals surface area contributed by atoms with Gasteiger partial charge < -0.3 is 0 Å². The Labute approximate surface area is 184 Å². The van der Waals surface area contributed by atoms with Crippen LogP contribution in [0.25, 0.3) is 22.4 Å². The third kappa shape index (κ3) is 3.72. The van der Waals surface area contributed by atoms with Crippen LogP contribution in [0.2, 0.25) is 0 Å². The van der Waals surface area contributed by atoms with E-state index >= 15 is 0 Å². The summed E-state index contributed by atoms with van der Waals surface area (Å²) in [5.74, 6) is 0.185. The fourth-order valence-corrected chi connectivity index (χ4v) is 4.51. The lowest BCUT2D eigenvalue weighted by Gasteiger charge is -2.22. The maximum Gasteiger partial charge on any atom is 0.0524 e. The summed E-state index contributed by atoms with van der Waals surface area (Å²) in [5.41, 5.74) is 7.70. The van der Waals surface area contributed by atoms with E-state index in [0.717, 1.165) is 0 Å². The molecule has 1 unspecified atom stereocenters. The van der Waals surface area contributed by atoms with Gasteiger partial charge in [0.25, 0.3) is 0 Å². The molecule has 0 aliphatic heterocycles. The second-order valence-corrected chi connectivity index (χ2v) is 9.25. The van der Waals surface area contributed by atoms with E-state index in [4.69, 9.17) is 4.99 Å². The zero-order chi connectivity index (χ0) is 21.4. The van der Waals surface area contributed by atoms with Crippen molar-refractivity contribution >= 4 is 28.6 Å². The van der Waals surface area contributed by atoms with Crippen molar-refractivity contribution in [2.45, 2.75) is 32.2 Å². The molecule has 0 saturated carbocycles. The molecule has 4 aromatic carbocycles. The third-order valence-electron chi connectivity index (χ3n) is 5.93. The number of aliphatic imine (C=N–C) groups is 1. The van der Waals surface area contributed by atoms with Crippen molar-refractivity contribution in [3.05, 3.63) is 119 Å². The fraction of sp³-hybridized carbons (Fsp3) is 0.167. The minimum Gasteiger partial charge on any atom is -0.287 e. The zero-order valence-electron chi connectivity index (χ0n) is 18.3. The molecule has 4 aromatic rings. The first-order valence-electron chi connectivity index (χ1n) is 10.9. The fourth-order valence-electron chi connectivity index (χ4n) is 4.51. The highest BCUT2D eigenvalue weighted by molar-refractivity contribution is 6.04. The summed E-state index contributed by atoms with van der Waals surface area (Å²) in [5, 5.41) is 2.50. The van der Waals surface area contributed by atoms with Crippen LogP contribution in [0.15, 0.2) is 96.0 Å². The summed E-state index contributed by atoms with van der Waals surface area (Å²) >= 11 is 0. The second-order valence-electron chi connectivity index (χ2n) is 9.25. The number of nitrogens with zero attached hydrogens (tertiary/aromatic N) is 1. The van der Waals surface area contributed by atoms with E-state index in [9.17, 15) is 0 Å². The molecule has 1 atom stereocenters. The number of hydrogen-bond acceptors (Lipinski definition) is 1. The van der Waals surface area contributed by atoms with Crippen molar-refractivity contribution in [2.75, 3.05) is 0 Å². The Morgan fingerprint density at radius 3 is 2.23 bits per heavy atom. The number of fused-ring (bicyclic) bond motifs is 2.